The molecule has 0 saturated heterocycles. The van der Waals surface area contributed by atoms with E-state index in [4.69, 9.17) is 0 Å². The van der Waals surface area contributed by atoms with E-state index < -0.39 is 0 Å². The molecule has 0 aliphatic rings. The third-order valence-corrected chi connectivity index (χ3v) is 3.03. The zero-order valence-electron chi connectivity index (χ0n) is 6.67. The van der Waals surface area contributed by atoms with Gasteiger partial charge in [0.15, 0.2) is 0 Å². The van der Waals surface area contributed by atoms with Crippen LogP contribution >= 0.6 is 47.8 Å². The number of thiol groups is 2. The average molecular weight is 305 g/mol. The molecule has 0 heterocycles. The van der Waals surface area contributed by atoms with E-state index >= 15 is 0 Å². The molecule has 0 saturated carbocycles. The van der Waals surface area contributed by atoms with Crippen molar-refractivity contribution in [3.05, 3.63) is 0 Å². The molecule has 0 radical (unpaired) electrons. The summed E-state index contributed by atoms with van der Waals surface area (Å²) >= 11 is 10.8. The Labute approximate surface area is 94.3 Å². The first-order valence-electron chi connectivity index (χ1n) is 3.85. The van der Waals surface area contributed by atoms with Crippen LogP contribution in [0.1, 0.15) is 12.8 Å². The number of hydrogen-bond acceptors (Lipinski definition) is 3. The molecular weight excluding hydrogens is 289 g/mol. The van der Waals surface area contributed by atoms with E-state index in [1.165, 1.54) is 25.9 Å². The van der Waals surface area contributed by atoms with Crippen LogP contribution in [0.2, 0.25) is 0 Å². The Morgan fingerprint density at radius 3 is 1.73 bits per heavy atom. The lowest BCUT2D eigenvalue weighted by molar-refractivity contribution is 0.331. The molecule has 0 spiro atoms. The summed E-state index contributed by atoms with van der Waals surface area (Å²) < 4.78 is 1.12. The molecule has 0 aromatic heterocycles. The van der Waals surface area contributed by atoms with Gasteiger partial charge in [-0.05, 0) is 37.4 Å². The van der Waals surface area contributed by atoms with Crippen LogP contribution in [0.15, 0.2) is 0 Å². The lowest BCUT2D eigenvalue weighted by Crippen LogP contribution is -2.24. The van der Waals surface area contributed by atoms with Gasteiger partial charge in [0, 0.05) is 0 Å². The fourth-order valence-electron chi connectivity index (χ4n) is 0.820. The fraction of sp³-hybridized carbons (Fsp3) is 1.00. The predicted octanol–water partition coefficient (Wildman–Crippen LogP) is 2.32. The van der Waals surface area contributed by atoms with Crippen molar-refractivity contribution in [1.29, 1.82) is 0 Å². The molecule has 0 aliphatic heterocycles. The van der Waals surface area contributed by atoms with Crippen molar-refractivity contribution in [3.8, 4) is 0 Å². The largest absolute Gasteiger partial charge is 0.294 e. The standard InChI is InChI=1S/C7H16INS2/c8-7-9(3-1-5-10)4-2-6-11/h10-11H,1-7H2. The zero-order chi connectivity index (χ0) is 8.53. The summed E-state index contributed by atoms with van der Waals surface area (Å²) in [7, 11) is 0. The molecule has 0 aliphatic carbocycles. The highest BCUT2D eigenvalue weighted by Crippen LogP contribution is 1.99. The van der Waals surface area contributed by atoms with E-state index in [1.807, 2.05) is 0 Å². The molecule has 0 rings (SSSR count). The van der Waals surface area contributed by atoms with Crippen LogP contribution in [0.5, 0.6) is 0 Å². The Morgan fingerprint density at radius 2 is 1.45 bits per heavy atom. The molecule has 4 heteroatoms. The van der Waals surface area contributed by atoms with Crippen LogP contribution < -0.4 is 0 Å². The second-order valence-corrected chi connectivity index (χ2v) is 3.97. The van der Waals surface area contributed by atoms with Gasteiger partial charge in [0.1, 0.15) is 0 Å². The average Bonchev–Trinajstić information content (AvgIpc) is 2.05. The highest BCUT2D eigenvalue weighted by Gasteiger charge is 1.99. The molecule has 0 bridgehead atoms. The van der Waals surface area contributed by atoms with Crippen molar-refractivity contribution in [2.45, 2.75) is 12.8 Å². The molecule has 0 N–H and O–H groups in total. The molecular formula is C7H16INS2. The second kappa shape index (κ2) is 9.48. The first-order valence-corrected chi connectivity index (χ1v) is 6.64. The van der Waals surface area contributed by atoms with Gasteiger partial charge in [-0.2, -0.15) is 25.3 Å². The summed E-state index contributed by atoms with van der Waals surface area (Å²) in [5, 5.41) is 0. The van der Waals surface area contributed by atoms with Gasteiger partial charge in [-0.15, -0.1) is 0 Å². The third-order valence-electron chi connectivity index (χ3n) is 1.43. The molecule has 0 fully saturated rings. The van der Waals surface area contributed by atoms with Gasteiger partial charge in [-0.3, -0.25) is 4.90 Å². The van der Waals surface area contributed by atoms with Crippen molar-refractivity contribution in [3.63, 3.8) is 0 Å². The second-order valence-electron chi connectivity index (χ2n) is 2.39. The zero-order valence-corrected chi connectivity index (χ0v) is 10.6. The maximum absolute atomic E-state index is 4.18. The van der Waals surface area contributed by atoms with E-state index in [0.717, 1.165) is 16.1 Å². The molecule has 0 unspecified atom stereocenters. The van der Waals surface area contributed by atoms with Crippen molar-refractivity contribution in [1.82, 2.24) is 4.90 Å². The summed E-state index contributed by atoms with van der Waals surface area (Å²) in [6.45, 7) is 2.36. The van der Waals surface area contributed by atoms with Crippen molar-refractivity contribution in [2.75, 3.05) is 29.1 Å². The van der Waals surface area contributed by atoms with Gasteiger partial charge in [-0.1, -0.05) is 22.6 Å². The lowest BCUT2D eigenvalue weighted by atomic mass is 10.4. The highest BCUT2D eigenvalue weighted by molar-refractivity contribution is 14.1. The van der Waals surface area contributed by atoms with E-state index in [1.54, 1.807) is 0 Å². The monoisotopic (exact) mass is 305 g/mol. The minimum absolute atomic E-state index is 0.994. The SMILES string of the molecule is SCCCN(CI)CCCS. The van der Waals surface area contributed by atoms with Gasteiger partial charge in [-0.25, -0.2) is 0 Å². The number of alkyl halides is 1. The first kappa shape index (κ1) is 12.4. The fourth-order valence-corrected chi connectivity index (χ4v) is 1.79. The Hall–Kier alpha value is 1.39. The van der Waals surface area contributed by atoms with Crippen LogP contribution in [-0.2, 0) is 0 Å². The smallest absolute Gasteiger partial charge is 0.0505 e. The van der Waals surface area contributed by atoms with Gasteiger partial charge >= 0.3 is 0 Å². The Morgan fingerprint density at radius 1 is 1.00 bits per heavy atom. The Balaban J connectivity index is 3.25. The van der Waals surface area contributed by atoms with Crippen molar-refractivity contribution in [2.24, 2.45) is 0 Å². The maximum atomic E-state index is 4.18. The van der Waals surface area contributed by atoms with Crippen LogP contribution in [-0.4, -0.2) is 34.0 Å². The quantitative estimate of drug-likeness (QED) is 0.316. The normalized spacial score (nSPS) is 10.9. The molecule has 68 valence electrons. The van der Waals surface area contributed by atoms with E-state index in [2.05, 4.69) is 52.7 Å². The van der Waals surface area contributed by atoms with Gasteiger partial charge in [0.05, 0.1) is 4.55 Å². The summed E-state index contributed by atoms with van der Waals surface area (Å²) in [6.07, 6.45) is 2.39. The van der Waals surface area contributed by atoms with E-state index in [9.17, 15) is 0 Å². The van der Waals surface area contributed by atoms with Crippen LogP contribution in [0.25, 0.3) is 0 Å². The number of hydrogen-bond donors (Lipinski definition) is 2. The molecule has 1 nitrogen and oxygen atoms in total. The number of nitrogens with zero attached hydrogens (tertiary/aromatic N) is 1. The van der Waals surface area contributed by atoms with Crippen LogP contribution in [0, 0.1) is 0 Å². The lowest BCUT2D eigenvalue weighted by Gasteiger charge is -2.17. The summed E-state index contributed by atoms with van der Waals surface area (Å²) in [6, 6.07) is 0. The number of halogens is 1. The van der Waals surface area contributed by atoms with Gasteiger partial charge in [0.2, 0.25) is 0 Å². The predicted molar refractivity (Wildman–Crippen MR) is 67.4 cm³/mol. The Bertz CT molecular complexity index is 74.8. The molecule has 0 atom stereocenters. The third kappa shape index (κ3) is 7.74. The minimum Gasteiger partial charge on any atom is -0.294 e. The van der Waals surface area contributed by atoms with E-state index in [-0.39, 0.29) is 0 Å². The summed E-state index contributed by atoms with van der Waals surface area (Å²) in [5.74, 6) is 1.99. The van der Waals surface area contributed by atoms with Crippen molar-refractivity contribution < 1.29 is 0 Å². The molecule has 0 aromatic carbocycles. The van der Waals surface area contributed by atoms with Crippen LogP contribution in [0.3, 0.4) is 0 Å². The summed E-state index contributed by atoms with van der Waals surface area (Å²) in [5.41, 5.74) is 0. The molecule has 11 heavy (non-hydrogen) atoms. The minimum atomic E-state index is 0.994. The van der Waals surface area contributed by atoms with E-state index in [0.29, 0.717) is 0 Å². The molecule has 0 aromatic rings. The van der Waals surface area contributed by atoms with Crippen LogP contribution in [0.4, 0.5) is 0 Å². The molecule has 0 amide bonds. The topological polar surface area (TPSA) is 3.24 Å². The maximum Gasteiger partial charge on any atom is 0.0505 e. The Kier molecular flexibility index (Phi) is 10.7. The summed E-state index contributed by atoms with van der Waals surface area (Å²) in [4.78, 5) is 2.44. The number of rotatable bonds is 7. The van der Waals surface area contributed by atoms with Gasteiger partial charge in [0.25, 0.3) is 0 Å². The van der Waals surface area contributed by atoms with Gasteiger partial charge < -0.3 is 0 Å². The first-order chi connectivity index (χ1) is 5.35. The highest BCUT2D eigenvalue weighted by atomic mass is 127. The van der Waals surface area contributed by atoms with Crippen molar-refractivity contribution >= 4 is 47.8 Å².